The van der Waals surface area contributed by atoms with E-state index in [9.17, 15) is 0 Å². The zero-order chi connectivity index (χ0) is 17.1. The lowest BCUT2D eigenvalue weighted by Crippen LogP contribution is -2.35. The average Bonchev–Trinajstić information content (AvgIpc) is 3.00. The van der Waals surface area contributed by atoms with Crippen LogP contribution in [0, 0.1) is 6.92 Å². The first kappa shape index (κ1) is 15.1. The highest BCUT2D eigenvalue weighted by molar-refractivity contribution is 5.51. The first-order valence-corrected chi connectivity index (χ1v) is 8.27. The maximum Gasteiger partial charge on any atom is 0.387 e. The van der Waals surface area contributed by atoms with Gasteiger partial charge in [-0.25, -0.2) is 0 Å². The number of benzene rings is 3. The Balaban J connectivity index is 1.87. The van der Waals surface area contributed by atoms with Crippen molar-refractivity contribution in [3.63, 3.8) is 0 Å². The van der Waals surface area contributed by atoms with E-state index in [1.165, 1.54) is 0 Å². The van der Waals surface area contributed by atoms with Gasteiger partial charge in [0.05, 0.1) is 11.4 Å². The quantitative estimate of drug-likeness (QED) is 0.570. The summed E-state index contributed by atoms with van der Waals surface area (Å²) in [4.78, 5) is 0. The van der Waals surface area contributed by atoms with Crippen LogP contribution in [0.1, 0.15) is 5.82 Å². The normalized spacial score (nSPS) is 10.6. The van der Waals surface area contributed by atoms with Crippen LogP contribution in [0.25, 0.3) is 11.4 Å². The average molecular weight is 327 g/mol. The van der Waals surface area contributed by atoms with Gasteiger partial charge in [-0.3, -0.25) is 5.32 Å². The molecule has 0 saturated heterocycles. The first-order chi connectivity index (χ1) is 12.3. The molecule has 0 unspecified atom stereocenters. The zero-order valence-electron chi connectivity index (χ0n) is 14.0. The summed E-state index contributed by atoms with van der Waals surface area (Å²) >= 11 is 0. The van der Waals surface area contributed by atoms with Gasteiger partial charge >= 0.3 is 5.95 Å². The minimum absolute atomic E-state index is 0.777. The molecule has 0 bridgehead atoms. The second kappa shape index (κ2) is 6.61. The van der Waals surface area contributed by atoms with Gasteiger partial charge in [0.15, 0.2) is 0 Å². The number of anilines is 2. The van der Waals surface area contributed by atoms with E-state index in [1.807, 2.05) is 71.4 Å². The van der Waals surface area contributed by atoms with Crippen molar-refractivity contribution in [2.45, 2.75) is 6.92 Å². The number of rotatable bonds is 4. The maximum atomic E-state index is 4.82. The molecular weight excluding hydrogens is 308 g/mol. The van der Waals surface area contributed by atoms with Crippen LogP contribution in [0.2, 0.25) is 0 Å². The summed E-state index contributed by atoms with van der Waals surface area (Å²) in [7, 11) is 0. The van der Waals surface area contributed by atoms with Gasteiger partial charge in [0.25, 0.3) is 0 Å². The van der Waals surface area contributed by atoms with E-state index >= 15 is 0 Å². The molecule has 0 saturated carbocycles. The zero-order valence-corrected chi connectivity index (χ0v) is 14.0. The highest BCUT2D eigenvalue weighted by Crippen LogP contribution is 2.17. The van der Waals surface area contributed by atoms with Crippen LogP contribution in [-0.4, -0.2) is 9.78 Å². The molecule has 0 aliphatic carbocycles. The van der Waals surface area contributed by atoms with Crippen molar-refractivity contribution in [2.75, 3.05) is 5.32 Å². The molecule has 1 aromatic heterocycles. The number of hydrogen-bond acceptors (Lipinski definition) is 2. The number of hydrogen-bond donors (Lipinski definition) is 1. The Bertz CT molecular complexity index is 961. The highest BCUT2D eigenvalue weighted by atomic mass is 15.4. The van der Waals surface area contributed by atoms with E-state index in [2.05, 4.69) is 41.1 Å². The van der Waals surface area contributed by atoms with Crippen molar-refractivity contribution in [1.29, 1.82) is 0 Å². The van der Waals surface area contributed by atoms with Crippen LogP contribution in [0.4, 0.5) is 11.6 Å². The standard InChI is InChI=1S/C21H19N4/c1-17-24(19-13-7-3-8-14-19)21(22-18-11-5-2-6-12-18)23-25(17)20-15-9-4-10-16-20/h2-16H,1H3,(H,22,23)/q+1. The molecule has 4 aromatic rings. The van der Waals surface area contributed by atoms with Crippen LogP contribution in [0.3, 0.4) is 0 Å². The minimum atomic E-state index is 0.777. The largest absolute Gasteiger partial charge is 0.387 e. The predicted octanol–water partition coefficient (Wildman–Crippen LogP) is 4.20. The maximum absolute atomic E-state index is 4.82. The first-order valence-electron chi connectivity index (χ1n) is 8.27. The molecule has 0 aliphatic heterocycles. The molecule has 25 heavy (non-hydrogen) atoms. The van der Waals surface area contributed by atoms with Gasteiger partial charge in [0.2, 0.25) is 5.82 Å². The van der Waals surface area contributed by atoms with Crippen molar-refractivity contribution >= 4 is 11.6 Å². The van der Waals surface area contributed by atoms with Gasteiger partial charge in [0.1, 0.15) is 5.69 Å². The number of aromatic nitrogens is 3. The topological polar surface area (TPSA) is 33.7 Å². The van der Waals surface area contributed by atoms with E-state index in [4.69, 9.17) is 5.10 Å². The third-order valence-corrected chi connectivity index (χ3v) is 4.08. The Morgan fingerprint density at radius 2 is 1.32 bits per heavy atom. The Morgan fingerprint density at radius 3 is 1.96 bits per heavy atom. The van der Waals surface area contributed by atoms with Crippen molar-refractivity contribution in [3.05, 3.63) is 96.8 Å². The molecule has 4 nitrogen and oxygen atoms in total. The van der Waals surface area contributed by atoms with Crippen molar-refractivity contribution in [2.24, 2.45) is 0 Å². The van der Waals surface area contributed by atoms with E-state index < -0.39 is 0 Å². The van der Waals surface area contributed by atoms with Gasteiger partial charge in [-0.2, -0.15) is 4.57 Å². The molecule has 4 heteroatoms. The van der Waals surface area contributed by atoms with Crippen molar-refractivity contribution < 1.29 is 4.57 Å². The summed E-state index contributed by atoms with van der Waals surface area (Å²) in [6.45, 7) is 2.07. The van der Waals surface area contributed by atoms with Gasteiger partial charge in [-0.15, -0.1) is 4.68 Å². The molecule has 1 heterocycles. The molecule has 0 radical (unpaired) electrons. The molecule has 4 rings (SSSR count). The second-order valence-electron chi connectivity index (χ2n) is 5.78. The molecule has 0 fully saturated rings. The molecule has 3 aromatic carbocycles. The fraction of sp³-hybridized carbons (Fsp3) is 0.0476. The van der Waals surface area contributed by atoms with E-state index in [0.717, 1.165) is 28.8 Å². The van der Waals surface area contributed by atoms with Crippen LogP contribution in [0.5, 0.6) is 0 Å². The smallest absolute Gasteiger partial charge is 0.260 e. The lowest BCUT2D eigenvalue weighted by atomic mass is 10.3. The summed E-state index contributed by atoms with van der Waals surface area (Å²) in [5.41, 5.74) is 3.11. The number of nitrogens with zero attached hydrogens (tertiary/aromatic N) is 3. The molecular formula is C21H19N4+. The fourth-order valence-electron chi connectivity index (χ4n) is 2.89. The predicted molar refractivity (Wildman–Crippen MR) is 99.6 cm³/mol. The van der Waals surface area contributed by atoms with Crippen molar-refractivity contribution in [3.8, 4) is 11.4 Å². The third kappa shape index (κ3) is 3.02. The van der Waals surface area contributed by atoms with Crippen LogP contribution < -0.4 is 9.88 Å². The Kier molecular flexibility index (Phi) is 4.01. The summed E-state index contributed by atoms with van der Waals surface area (Å²) in [6.07, 6.45) is 0. The van der Waals surface area contributed by atoms with Gasteiger partial charge in [-0.05, 0) is 36.4 Å². The summed E-state index contributed by atoms with van der Waals surface area (Å²) in [5.74, 6) is 1.80. The van der Waals surface area contributed by atoms with Gasteiger partial charge < -0.3 is 0 Å². The molecule has 0 amide bonds. The molecule has 0 spiro atoms. The Labute approximate surface area is 147 Å². The highest BCUT2D eigenvalue weighted by Gasteiger charge is 2.24. The summed E-state index contributed by atoms with van der Waals surface area (Å²) < 4.78 is 4.08. The van der Waals surface area contributed by atoms with Crippen LogP contribution >= 0.6 is 0 Å². The third-order valence-electron chi connectivity index (χ3n) is 4.08. The fourth-order valence-corrected chi connectivity index (χ4v) is 2.89. The van der Waals surface area contributed by atoms with Crippen molar-refractivity contribution in [1.82, 2.24) is 9.78 Å². The molecule has 1 N–H and O–H groups in total. The van der Waals surface area contributed by atoms with Gasteiger partial charge in [0, 0.05) is 12.0 Å². The molecule has 122 valence electrons. The Morgan fingerprint density at radius 1 is 0.760 bits per heavy atom. The lowest BCUT2D eigenvalue weighted by molar-refractivity contribution is -0.588. The molecule has 0 atom stereocenters. The monoisotopic (exact) mass is 327 g/mol. The molecule has 0 aliphatic rings. The van der Waals surface area contributed by atoms with Crippen LogP contribution in [0.15, 0.2) is 91.0 Å². The number of nitrogens with one attached hydrogen (secondary N) is 1. The number of para-hydroxylation sites is 3. The summed E-state index contributed by atoms with van der Waals surface area (Å²) in [5, 5.41) is 8.25. The SMILES string of the molecule is Cc1n(-c2ccccc2)nc(Nc2ccccc2)[n+]1-c1ccccc1. The minimum Gasteiger partial charge on any atom is -0.260 e. The van der Waals surface area contributed by atoms with E-state index in [-0.39, 0.29) is 0 Å². The van der Waals surface area contributed by atoms with E-state index in [0.29, 0.717) is 0 Å². The second-order valence-corrected chi connectivity index (χ2v) is 5.78. The van der Waals surface area contributed by atoms with E-state index in [1.54, 1.807) is 0 Å². The Hall–Kier alpha value is -3.40. The summed E-state index contributed by atoms with van der Waals surface area (Å²) in [6, 6.07) is 30.5. The van der Waals surface area contributed by atoms with Crippen LogP contribution in [-0.2, 0) is 0 Å². The lowest BCUT2D eigenvalue weighted by Gasteiger charge is -2.04. The van der Waals surface area contributed by atoms with Gasteiger partial charge in [-0.1, -0.05) is 54.6 Å².